The second-order valence-electron chi connectivity index (χ2n) is 6.57. The van der Waals surface area contributed by atoms with Gasteiger partial charge in [0.1, 0.15) is 6.04 Å². The molecule has 0 aromatic rings. The number of thioether (sulfide) groups is 2. The number of amides is 1. The summed E-state index contributed by atoms with van der Waals surface area (Å²) in [5.41, 5.74) is 5.28. The molecular weight excluding hydrogens is 320 g/mol. The van der Waals surface area contributed by atoms with Crippen LogP contribution < -0.4 is 5.73 Å². The van der Waals surface area contributed by atoms with Crippen molar-refractivity contribution in [3.63, 3.8) is 0 Å². The molecule has 2 unspecified atom stereocenters. The monoisotopic (exact) mass is 346 g/mol. The fourth-order valence-electron chi connectivity index (χ4n) is 2.78. The molecule has 1 spiro atoms. The summed E-state index contributed by atoms with van der Waals surface area (Å²) in [4.78, 5) is 26.8. The summed E-state index contributed by atoms with van der Waals surface area (Å²) in [5.74, 6) is 1.67. The van der Waals surface area contributed by atoms with E-state index in [0.29, 0.717) is 13.0 Å². The quantitative estimate of drug-likeness (QED) is 0.784. The van der Waals surface area contributed by atoms with Gasteiger partial charge in [-0.1, -0.05) is 13.8 Å². The first-order valence-electron chi connectivity index (χ1n) is 7.69. The van der Waals surface area contributed by atoms with Gasteiger partial charge >= 0.3 is 5.97 Å². The van der Waals surface area contributed by atoms with Gasteiger partial charge in [0.15, 0.2) is 0 Å². The number of ether oxygens (including phenoxy) is 1. The van der Waals surface area contributed by atoms with Crippen LogP contribution in [-0.4, -0.2) is 57.6 Å². The van der Waals surface area contributed by atoms with E-state index in [-0.39, 0.29) is 21.9 Å². The van der Waals surface area contributed by atoms with Crippen molar-refractivity contribution in [1.82, 2.24) is 4.90 Å². The molecule has 2 aliphatic heterocycles. The van der Waals surface area contributed by atoms with Crippen molar-refractivity contribution < 1.29 is 14.3 Å². The molecule has 0 aliphatic carbocycles. The lowest BCUT2D eigenvalue weighted by Gasteiger charge is -2.35. The number of nitrogens with zero attached hydrogens (tertiary/aromatic N) is 1. The Morgan fingerprint density at radius 2 is 1.95 bits per heavy atom. The predicted octanol–water partition coefficient (Wildman–Crippen LogP) is 1.70. The highest BCUT2D eigenvalue weighted by atomic mass is 32.2. The molecule has 0 radical (unpaired) electrons. The Bertz CT molecular complexity index is 448. The number of methoxy groups -OCH3 is 1. The summed E-state index contributed by atoms with van der Waals surface area (Å²) in [7, 11) is 1.38. The van der Waals surface area contributed by atoms with Crippen molar-refractivity contribution >= 4 is 35.4 Å². The molecule has 2 atom stereocenters. The summed E-state index contributed by atoms with van der Waals surface area (Å²) in [6.07, 6.45) is 1.82. The summed E-state index contributed by atoms with van der Waals surface area (Å²) >= 11 is 3.73. The number of hydrogen-bond acceptors (Lipinski definition) is 6. The molecule has 2 saturated heterocycles. The number of likely N-dealkylation sites (tertiary alicyclic amines) is 1. The van der Waals surface area contributed by atoms with E-state index in [9.17, 15) is 9.59 Å². The smallest absolute Gasteiger partial charge is 0.328 e. The number of rotatable bonds is 3. The van der Waals surface area contributed by atoms with Crippen LogP contribution in [0.25, 0.3) is 0 Å². The Labute approximate surface area is 141 Å². The second kappa shape index (κ2) is 6.61. The lowest BCUT2D eigenvalue weighted by Crippen LogP contribution is -2.59. The van der Waals surface area contributed by atoms with Crippen LogP contribution in [0.4, 0.5) is 0 Å². The molecule has 0 saturated carbocycles. The fraction of sp³-hybridized carbons (Fsp3) is 0.867. The molecule has 2 rings (SSSR count). The van der Waals surface area contributed by atoms with Crippen molar-refractivity contribution in [1.29, 1.82) is 0 Å². The van der Waals surface area contributed by atoms with E-state index < -0.39 is 11.6 Å². The molecular formula is C15H26N2O3S2. The number of hydrogen-bond donors (Lipinski definition) is 1. The molecule has 7 heteroatoms. The zero-order valence-electron chi connectivity index (χ0n) is 13.8. The Kier molecular flexibility index (Phi) is 5.39. The molecule has 5 nitrogen and oxygen atoms in total. The van der Waals surface area contributed by atoms with Crippen LogP contribution in [-0.2, 0) is 14.3 Å². The average molecular weight is 347 g/mol. The summed E-state index contributed by atoms with van der Waals surface area (Å²) < 4.78 is 4.85. The Morgan fingerprint density at radius 3 is 2.45 bits per heavy atom. The Balaban J connectivity index is 2.26. The van der Waals surface area contributed by atoms with Gasteiger partial charge in [-0.25, -0.2) is 4.79 Å². The van der Waals surface area contributed by atoms with Gasteiger partial charge in [-0.05, 0) is 30.8 Å². The summed E-state index contributed by atoms with van der Waals surface area (Å²) in [5, 5.41) is 0. The lowest BCUT2D eigenvalue weighted by molar-refractivity contribution is -0.153. The van der Waals surface area contributed by atoms with Crippen LogP contribution in [0.1, 0.15) is 33.6 Å². The first-order chi connectivity index (χ1) is 10.2. The van der Waals surface area contributed by atoms with E-state index >= 15 is 0 Å². The molecule has 22 heavy (non-hydrogen) atoms. The second-order valence-corrected chi connectivity index (χ2v) is 9.79. The van der Waals surface area contributed by atoms with E-state index in [1.807, 2.05) is 37.4 Å². The minimum atomic E-state index is -0.970. The van der Waals surface area contributed by atoms with Gasteiger partial charge in [-0.15, -0.1) is 23.5 Å². The normalized spacial score (nSPS) is 27.0. The number of esters is 1. The summed E-state index contributed by atoms with van der Waals surface area (Å²) in [6, 6.07) is -0.516. The molecule has 2 fully saturated rings. The third-order valence-corrected chi connectivity index (χ3v) is 8.04. The Morgan fingerprint density at radius 1 is 1.36 bits per heavy atom. The van der Waals surface area contributed by atoms with Gasteiger partial charge in [-0.2, -0.15) is 0 Å². The molecule has 126 valence electrons. The van der Waals surface area contributed by atoms with Crippen molar-refractivity contribution in [2.45, 2.75) is 49.3 Å². The van der Waals surface area contributed by atoms with E-state index in [1.165, 1.54) is 13.5 Å². The highest BCUT2D eigenvalue weighted by Crippen LogP contribution is 2.50. The molecule has 2 N–H and O–H groups in total. The third kappa shape index (κ3) is 3.26. The van der Waals surface area contributed by atoms with E-state index in [2.05, 4.69) is 0 Å². The zero-order chi connectivity index (χ0) is 16.5. The predicted molar refractivity (Wildman–Crippen MR) is 91.8 cm³/mol. The molecule has 2 heterocycles. The van der Waals surface area contributed by atoms with Crippen LogP contribution in [0.2, 0.25) is 0 Å². The highest BCUT2D eigenvalue weighted by molar-refractivity contribution is 8.18. The van der Waals surface area contributed by atoms with Crippen molar-refractivity contribution in [3.8, 4) is 0 Å². The van der Waals surface area contributed by atoms with Gasteiger partial charge in [-0.3, -0.25) is 4.79 Å². The van der Waals surface area contributed by atoms with Crippen LogP contribution in [0, 0.1) is 5.92 Å². The summed E-state index contributed by atoms with van der Waals surface area (Å²) in [6.45, 7) is 6.18. The number of carbonyl (C=O) groups is 2. The SMILES string of the molecule is COC(=O)C1CC2(CN1C(=O)C(C)(N)C(C)C)SCCCS2. The first-order valence-corrected chi connectivity index (χ1v) is 9.66. The van der Waals surface area contributed by atoms with Gasteiger partial charge < -0.3 is 15.4 Å². The average Bonchev–Trinajstić information content (AvgIpc) is 2.85. The maximum Gasteiger partial charge on any atom is 0.328 e. The molecule has 1 amide bonds. The highest BCUT2D eigenvalue weighted by Gasteiger charge is 2.53. The minimum Gasteiger partial charge on any atom is -0.467 e. The van der Waals surface area contributed by atoms with Crippen LogP contribution in [0.5, 0.6) is 0 Å². The first kappa shape index (κ1) is 17.9. The lowest BCUT2D eigenvalue weighted by atomic mass is 9.88. The van der Waals surface area contributed by atoms with Gasteiger partial charge in [0.2, 0.25) is 5.91 Å². The molecule has 0 bridgehead atoms. The van der Waals surface area contributed by atoms with Crippen molar-refractivity contribution in [3.05, 3.63) is 0 Å². The standard InChI is InChI=1S/C15H26N2O3S2/c1-10(2)14(3,16)13(19)17-9-15(21-6-5-7-22-15)8-11(17)12(18)20-4/h10-11H,5-9,16H2,1-4H3. The minimum absolute atomic E-state index is 0.00140. The largest absolute Gasteiger partial charge is 0.467 e. The van der Waals surface area contributed by atoms with Gasteiger partial charge in [0, 0.05) is 13.0 Å². The fourth-order valence-corrected chi connectivity index (χ4v) is 6.13. The van der Waals surface area contributed by atoms with E-state index in [4.69, 9.17) is 10.5 Å². The maximum atomic E-state index is 12.9. The van der Waals surface area contributed by atoms with Gasteiger partial charge in [0.05, 0.1) is 16.7 Å². The van der Waals surface area contributed by atoms with E-state index in [1.54, 1.807) is 11.8 Å². The van der Waals surface area contributed by atoms with Crippen LogP contribution in [0.15, 0.2) is 0 Å². The molecule has 2 aliphatic rings. The van der Waals surface area contributed by atoms with E-state index in [0.717, 1.165) is 11.5 Å². The Hall–Kier alpha value is -0.400. The molecule has 0 aromatic heterocycles. The van der Waals surface area contributed by atoms with Crippen LogP contribution in [0.3, 0.4) is 0 Å². The number of carbonyl (C=O) groups excluding carboxylic acids is 2. The third-order valence-electron chi connectivity index (χ3n) is 4.71. The zero-order valence-corrected chi connectivity index (χ0v) is 15.4. The van der Waals surface area contributed by atoms with Gasteiger partial charge in [0.25, 0.3) is 0 Å². The van der Waals surface area contributed by atoms with Crippen molar-refractivity contribution in [2.24, 2.45) is 11.7 Å². The molecule has 0 aromatic carbocycles. The topological polar surface area (TPSA) is 72.6 Å². The van der Waals surface area contributed by atoms with Crippen molar-refractivity contribution in [2.75, 3.05) is 25.2 Å². The van der Waals surface area contributed by atoms with Crippen LogP contribution >= 0.6 is 23.5 Å². The number of nitrogens with two attached hydrogens (primary N) is 1. The maximum absolute atomic E-state index is 12.9.